The second-order valence-electron chi connectivity index (χ2n) is 5.35. The number of hydrogen-bond donors (Lipinski definition) is 0. The van der Waals surface area contributed by atoms with Crippen LogP contribution in [0, 0.1) is 5.92 Å². The van der Waals surface area contributed by atoms with Crippen molar-refractivity contribution in [3.8, 4) is 0 Å². The zero-order valence-corrected chi connectivity index (χ0v) is 12.6. The maximum absolute atomic E-state index is 11.9. The number of sulfone groups is 1. The van der Waals surface area contributed by atoms with E-state index in [0.29, 0.717) is 12.3 Å². The SMILES string of the molecule is COC(=O)C(CC1CCCC1)n1cc(S(C)(=O)=O)cn1. The Bertz CT molecular complexity index is 573. The van der Waals surface area contributed by atoms with Crippen LogP contribution in [0.1, 0.15) is 38.1 Å². The molecule has 20 heavy (non-hydrogen) atoms. The number of methoxy groups -OCH3 is 1. The van der Waals surface area contributed by atoms with Gasteiger partial charge < -0.3 is 4.74 Å². The van der Waals surface area contributed by atoms with Crippen molar-refractivity contribution in [3.63, 3.8) is 0 Å². The van der Waals surface area contributed by atoms with Crippen LogP contribution < -0.4 is 0 Å². The largest absolute Gasteiger partial charge is 0.467 e. The molecule has 1 unspecified atom stereocenters. The highest BCUT2D eigenvalue weighted by Gasteiger charge is 2.28. The highest BCUT2D eigenvalue weighted by molar-refractivity contribution is 7.90. The van der Waals surface area contributed by atoms with Gasteiger partial charge in [-0.1, -0.05) is 25.7 Å². The van der Waals surface area contributed by atoms with Crippen molar-refractivity contribution < 1.29 is 17.9 Å². The zero-order valence-electron chi connectivity index (χ0n) is 11.8. The lowest BCUT2D eigenvalue weighted by Crippen LogP contribution is -2.23. The fourth-order valence-corrected chi connectivity index (χ4v) is 3.23. The quantitative estimate of drug-likeness (QED) is 0.771. The number of rotatable bonds is 5. The molecule has 0 aliphatic heterocycles. The molecule has 1 aliphatic rings. The molecule has 0 amide bonds. The van der Waals surface area contributed by atoms with Gasteiger partial charge in [0, 0.05) is 12.5 Å². The molecule has 1 atom stereocenters. The number of carbonyl (C=O) groups is 1. The molecule has 0 N–H and O–H groups in total. The second kappa shape index (κ2) is 5.95. The van der Waals surface area contributed by atoms with Crippen molar-refractivity contribution in [2.45, 2.75) is 43.0 Å². The Morgan fingerprint density at radius 3 is 2.65 bits per heavy atom. The molecule has 1 aromatic heterocycles. The highest BCUT2D eigenvalue weighted by atomic mass is 32.2. The molecule has 2 rings (SSSR count). The summed E-state index contributed by atoms with van der Waals surface area (Å²) in [5.41, 5.74) is 0. The van der Waals surface area contributed by atoms with Crippen LogP contribution >= 0.6 is 0 Å². The Morgan fingerprint density at radius 1 is 1.50 bits per heavy atom. The third-order valence-electron chi connectivity index (χ3n) is 3.83. The van der Waals surface area contributed by atoms with Gasteiger partial charge in [0.25, 0.3) is 0 Å². The van der Waals surface area contributed by atoms with E-state index in [-0.39, 0.29) is 10.9 Å². The molecule has 6 nitrogen and oxygen atoms in total. The summed E-state index contributed by atoms with van der Waals surface area (Å²) >= 11 is 0. The number of esters is 1. The van der Waals surface area contributed by atoms with Crippen molar-refractivity contribution in [1.82, 2.24) is 9.78 Å². The second-order valence-corrected chi connectivity index (χ2v) is 7.37. The summed E-state index contributed by atoms with van der Waals surface area (Å²) in [6.45, 7) is 0. The van der Waals surface area contributed by atoms with E-state index in [9.17, 15) is 13.2 Å². The fourth-order valence-electron chi connectivity index (χ4n) is 2.69. The molecule has 1 saturated carbocycles. The van der Waals surface area contributed by atoms with E-state index in [4.69, 9.17) is 4.74 Å². The van der Waals surface area contributed by atoms with Gasteiger partial charge in [0.2, 0.25) is 0 Å². The van der Waals surface area contributed by atoms with Crippen molar-refractivity contribution in [2.75, 3.05) is 13.4 Å². The van der Waals surface area contributed by atoms with Crippen molar-refractivity contribution >= 4 is 15.8 Å². The first-order valence-corrected chi connectivity index (χ1v) is 8.63. The van der Waals surface area contributed by atoms with E-state index in [2.05, 4.69) is 5.10 Å². The summed E-state index contributed by atoms with van der Waals surface area (Å²) in [5.74, 6) is 0.102. The van der Waals surface area contributed by atoms with Crippen LogP contribution in [0.15, 0.2) is 17.3 Å². The van der Waals surface area contributed by atoms with Gasteiger partial charge in [-0.25, -0.2) is 13.2 Å². The zero-order chi connectivity index (χ0) is 14.8. The number of ether oxygens (including phenoxy) is 1. The van der Waals surface area contributed by atoms with Crippen LogP contribution in [0.3, 0.4) is 0 Å². The lowest BCUT2D eigenvalue weighted by atomic mass is 9.98. The molecule has 0 radical (unpaired) electrons. The van der Waals surface area contributed by atoms with Gasteiger partial charge in [-0.3, -0.25) is 4.68 Å². The summed E-state index contributed by atoms with van der Waals surface area (Å²) in [6.07, 6.45) is 9.04. The average Bonchev–Trinajstić information content (AvgIpc) is 3.05. The summed E-state index contributed by atoms with van der Waals surface area (Å²) in [6, 6.07) is -0.543. The Balaban J connectivity index is 2.21. The van der Waals surface area contributed by atoms with E-state index in [1.807, 2.05) is 0 Å². The van der Waals surface area contributed by atoms with Crippen LogP contribution in [0.5, 0.6) is 0 Å². The third kappa shape index (κ3) is 3.39. The first kappa shape index (κ1) is 15.0. The van der Waals surface area contributed by atoms with Gasteiger partial charge in [-0.05, 0) is 12.3 Å². The maximum Gasteiger partial charge on any atom is 0.330 e. The summed E-state index contributed by atoms with van der Waals surface area (Å²) in [5, 5.41) is 4.03. The molecule has 0 bridgehead atoms. The molecular weight excluding hydrogens is 280 g/mol. The third-order valence-corrected chi connectivity index (χ3v) is 4.90. The van der Waals surface area contributed by atoms with Crippen molar-refractivity contribution in [2.24, 2.45) is 5.92 Å². The van der Waals surface area contributed by atoms with Crippen LogP contribution in [0.4, 0.5) is 0 Å². The molecular formula is C13H20N2O4S. The number of aromatic nitrogens is 2. The molecule has 1 fully saturated rings. The standard InChI is InChI=1S/C13H20N2O4S/c1-19-13(16)12(7-10-5-3-4-6-10)15-9-11(8-14-15)20(2,17)18/h8-10,12H,3-7H2,1-2H3. The average molecular weight is 300 g/mol. The van der Waals surface area contributed by atoms with Crippen LogP contribution in [-0.4, -0.2) is 37.5 Å². The summed E-state index contributed by atoms with van der Waals surface area (Å²) in [7, 11) is -1.97. The van der Waals surface area contributed by atoms with E-state index >= 15 is 0 Å². The first-order chi connectivity index (χ1) is 9.41. The van der Waals surface area contributed by atoms with Crippen molar-refractivity contribution in [3.05, 3.63) is 12.4 Å². The lowest BCUT2D eigenvalue weighted by Gasteiger charge is -2.18. The predicted octanol–water partition coefficient (Wildman–Crippen LogP) is 1.58. The number of hydrogen-bond acceptors (Lipinski definition) is 5. The maximum atomic E-state index is 11.9. The van der Waals surface area contributed by atoms with Crippen LogP contribution in [0.25, 0.3) is 0 Å². The van der Waals surface area contributed by atoms with E-state index in [1.165, 1.54) is 37.0 Å². The molecule has 7 heteroatoms. The molecule has 1 heterocycles. The molecule has 0 saturated heterocycles. The number of nitrogens with zero attached hydrogens (tertiary/aromatic N) is 2. The normalized spacial score (nSPS) is 18.1. The summed E-state index contributed by atoms with van der Waals surface area (Å²) < 4.78 is 29.2. The molecule has 112 valence electrons. The Morgan fingerprint density at radius 2 is 2.15 bits per heavy atom. The molecule has 1 aliphatic carbocycles. The van der Waals surface area contributed by atoms with Gasteiger partial charge in [-0.15, -0.1) is 0 Å². The van der Waals surface area contributed by atoms with E-state index in [1.54, 1.807) is 0 Å². The van der Waals surface area contributed by atoms with Gasteiger partial charge >= 0.3 is 5.97 Å². The van der Waals surface area contributed by atoms with Crippen molar-refractivity contribution in [1.29, 1.82) is 0 Å². The Labute approximate surface area is 119 Å². The predicted molar refractivity (Wildman–Crippen MR) is 73.0 cm³/mol. The van der Waals surface area contributed by atoms with Crippen LogP contribution in [-0.2, 0) is 19.4 Å². The number of carbonyl (C=O) groups excluding carboxylic acids is 1. The molecule has 1 aromatic rings. The molecule has 0 spiro atoms. The van der Waals surface area contributed by atoms with Crippen LogP contribution in [0.2, 0.25) is 0 Å². The Hall–Kier alpha value is -1.37. The van der Waals surface area contributed by atoms with E-state index in [0.717, 1.165) is 19.1 Å². The fraction of sp³-hybridized carbons (Fsp3) is 0.692. The minimum Gasteiger partial charge on any atom is -0.467 e. The van der Waals surface area contributed by atoms with Gasteiger partial charge in [0.15, 0.2) is 9.84 Å². The monoisotopic (exact) mass is 300 g/mol. The minimum atomic E-state index is -3.31. The first-order valence-electron chi connectivity index (χ1n) is 6.74. The van der Waals surface area contributed by atoms with Gasteiger partial charge in [-0.2, -0.15) is 5.10 Å². The minimum absolute atomic E-state index is 0.123. The Kier molecular flexibility index (Phi) is 4.47. The smallest absolute Gasteiger partial charge is 0.330 e. The van der Waals surface area contributed by atoms with Gasteiger partial charge in [0.05, 0.1) is 13.3 Å². The van der Waals surface area contributed by atoms with Gasteiger partial charge in [0.1, 0.15) is 10.9 Å². The summed E-state index contributed by atoms with van der Waals surface area (Å²) in [4.78, 5) is 12.0. The topological polar surface area (TPSA) is 78.3 Å². The van der Waals surface area contributed by atoms with E-state index < -0.39 is 15.9 Å². The highest BCUT2D eigenvalue weighted by Crippen LogP contribution is 2.32. The lowest BCUT2D eigenvalue weighted by molar-refractivity contribution is -0.145. The molecule has 0 aromatic carbocycles.